The summed E-state index contributed by atoms with van der Waals surface area (Å²) >= 11 is 1.79. The number of hydrogen-bond acceptors (Lipinski definition) is 5. The maximum Gasteiger partial charge on any atom is 0.185 e. The minimum Gasteiger partial charge on any atom is -0.383 e. The highest BCUT2D eigenvalue weighted by Gasteiger charge is 2.37. The molecule has 1 aliphatic heterocycles. The van der Waals surface area contributed by atoms with Crippen LogP contribution in [-0.2, 0) is 11.3 Å². The first-order chi connectivity index (χ1) is 10.3. The van der Waals surface area contributed by atoms with Crippen molar-refractivity contribution in [1.82, 2.24) is 10.3 Å². The van der Waals surface area contributed by atoms with Gasteiger partial charge in [-0.05, 0) is 31.1 Å². The van der Waals surface area contributed by atoms with Gasteiger partial charge < -0.3 is 15.0 Å². The fourth-order valence-corrected chi connectivity index (χ4v) is 4.59. The molecule has 4 nitrogen and oxygen atoms in total. The number of anilines is 1. The molecule has 1 aromatic rings. The lowest BCUT2D eigenvalue weighted by atomic mass is 9.77. The first kappa shape index (κ1) is 15.3. The average Bonchev–Trinajstić information content (AvgIpc) is 3.15. The van der Waals surface area contributed by atoms with Crippen molar-refractivity contribution in [2.45, 2.75) is 45.1 Å². The Kier molecular flexibility index (Phi) is 5.14. The Balaban J connectivity index is 1.48. The molecule has 0 bridgehead atoms. The van der Waals surface area contributed by atoms with Crippen LogP contribution in [0.15, 0.2) is 5.38 Å². The molecule has 1 saturated heterocycles. The highest BCUT2D eigenvalue weighted by molar-refractivity contribution is 7.13. The molecule has 1 saturated carbocycles. The Bertz CT molecular complexity index is 432. The Labute approximate surface area is 131 Å². The van der Waals surface area contributed by atoms with Gasteiger partial charge in [-0.3, -0.25) is 0 Å². The molecular formula is C16H27N3OS. The topological polar surface area (TPSA) is 37.4 Å². The maximum absolute atomic E-state index is 5.04. The molecule has 0 atom stereocenters. The van der Waals surface area contributed by atoms with Crippen LogP contribution in [0.1, 0.15) is 44.2 Å². The summed E-state index contributed by atoms with van der Waals surface area (Å²) in [5.74, 6) is 0. The molecule has 1 spiro atoms. The van der Waals surface area contributed by atoms with Gasteiger partial charge in [-0.15, -0.1) is 11.3 Å². The molecule has 3 rings (SSSR count). The van der Waals surface area contributed by atoms with Gasteiger partial charge in [0.05, 0.1) is 12.3 Å². The number of rotatable bonds is 6. The smallest absolute Gasteiger partial charge is 0.185 e. The SMILES string of the molecule is COCCNCc1csc(N2CCC3(CCCC3)CC2)n1. The molecule has 0 aromatic carbocycles. The highest BCUT2D eigenvalue weighted by atomic mass is 32.1. The van der Waals surface area contributed by atoms with E-state index in [9.17, 15) is 0 Å². The zero-order valence-corrected chi connectivity index (χ0v) is 13.9. The molecule has 2 aliphatic rings. The summed E-state index contributed by atoms with van der Waals surface area (Å²) in [6.45, 7) is 4.88. The minimum atomic E-state index is 0.693. The van der Waals surface area contributed by atoms with Crippen molar-refractivity contribution in [1.29, 1.82) is 0 Å². The molecule has 1 aromatic heterocycles. The number of aromatic nitrogens is 1. The standard InChI is InChI=1S/C16H27N3OS/c1-20-11-8-17-12-14-13-21-15(18-14)19-9-6-16(7-10-19)4-2-3-5-16/h13,17H,2-12H2,1H3. The quantitative estimate of drug-likeness (QED) is 0.820. The van der Waals surface area contributed by atoms with E-state index in [1.54, 1.807) is 18.4 Å². The van der Waals surface area contributed by atoms with Crippen molar-refractivity contribution in [2.75, 3.05) is 38.3 Å². The van der Waals surface area contributed by atoms with Crippen LogP contribution in [0.4, 0.5) is 5.13 Å². The largest absolute Gasteiger partial charge is 0.383 e. The fourth-order valence-electron chi connectivity index (χ4n) is 3.71. The molecule has 118 valence electrons. The molecule has 21 heavy (non-hydrogen) atoms. The Hall–Kier alpha value is -0.650. The van der Waals surface area contributed by atoms with Gasteiger partial charge in [-0.2, -0.15) is 0 Å². The molecule has 1 aliphatic carbocycles. The Morgan fingerprint density at radius 3 is 2.76 bits per heavy atom. The highest BCUT2D eigenvalue weighted by Crippen LogP contribution is 2.46. The molecule has 0 amide bonds. The van der Waals surface area contributed by atoms with Crippen LogP contribution >= 0.6 is 11.3 Å². The maximum atomic E-state index is 5.04. The van der Waals surface area contributed by atoms with E-state index < -0.39 is 0 Å². The summed E-state index contributed by atoms with van der Waals surface area (Å²) in [5, 5.41) is 6.76. The summed E-state index contributed by atoms with van der Waals surface area (Å²) in [6, 6.07) is 0. The van der Waals surface area contributed by atoms with Crippen molar-refractivity contribution in [3.63, 3.8) is 0 Å². The molecular weight excluding hydrogens is 282 g/mol. The van der Waals surface area contributed by atoms with E-state index in [1.165, 1.54) is 56.7 Å². The summed E-state index contributed by atoms with van der Waals surface area (Å²) in [6.07, 6.45) is 8.58. The van der Waals surface area contributed by atoms with Crippen LogP contribution in [0, 0.1) is 5.41 Å². The lowest BCUT2D eigenvalue weighted by Crippen LogP contribution is -2.38. The van der Waals surface area contributed by atoms with Gasteiger partial charge in [0.2, 0.25) is 0 Å². The summed E-state index contributed by atoms with van der Waals surface area (Å²) in [7, 11) is 1.73. The third kappa shape index (κ3) is 3.76. The molecule has 0 radical (unpaired) electrons. The summed E-state index contributed by atoms with van der Waals surface area (Å²) in [5.41, 5.74) is 1.85. The van der Waals surface area contributed by atoms with E-state index in [2.05, 4.69) is 15.6 Å². The fraction of sp³-hybridized carbons (Fsp3) is 0.812. The van der Waals surface area contributed by atoms with Crippen LogP contribution in [0.3, 0.4) is 0 Å². The van der Waals surface area contributed by atoms with E-state index in [0.717, 1.165) is 25.4 Å². The number of ether oxygens (including phenoxy) is 1. The van der Waals surface area contributed by atoms with Crippen molar-refractivity contribution in [3.05, 3.63) is 11.1 Å². The first-order valence-corrected chi connectivity index (χ1v) is 9.08. The van der Waals surface area contributed by atoms with Gasteiger partial charge >= 0.3 is 0 Å². The van der Waals surface area contributed by atoms with Gasteiger partial charge in [-0.1, -0.05) is 12.8 Å². The lowest BCUT2D eigenvalue weighted by molar-refractivity contribution is 0.199. The van der Waals surface area contributed by atoms with Crippen LogP contribution in [0.25, 0.3) is 0 Å². The molecule has 2 fully saturated rings. The van der Waals surface area contributed by atoms with Crippen molar-refractivity contribution < 1.29 is 4.74 Å². The Morgan fingerprint density at radius 1 is 1.29 bits per heavy atom. The number of nitrogens with zero attached hydrogens (tertiary/aromatic N) is 2. The zero-order chi connectivity index (χ0) is 14.5. The summed E-state index contributed by atoms with van der Waals surface area (Å²) < 4.78 is 5.04. The second-order valence-electron chi connectivity index (χ2n) is 6.49. The van der Waals surface area contributed by atoms with Gasteiger partial charge in [0.15, 0.2) is 5.13 Å². The number of thiazole rings is 1. The van der Waals surface area contributed by atoms with Gasteiger partial charge in [0.1, 0.15) is 0 Å². The minimum absolute atomic E-state index is 0.693. The third-order valence-corrected chi connectivity index (χ3v) is 6.04. The Morgan fingerprint density at radius 2 is 2.05 bits per heavy atom. The average molecular weight is 309 g/mol. The molecule has 1 N–H and O–H groups in total. The van der Waals surface area contributed by atoms with E-state index in [4.69, 9.17) is 9.72 Å². The number of hydrogen-bond donors (Lipinski definition) is 1. The predicted molar refractivity (Wildman–Crippen MR) is 88.0 cm³/mol. The zero-order valence-electron chi connectivity index (χ0n) is 13.1. The van der Waals surface area contributed by atoms with E-state index in [0.29, 0.717) is 5.41 Å². The van der Waals surface area contributed by atoms with Crippen molar-refractivity contribution in [2.24, 2.45) is 5.41 Å². The monoisotopic (exact) mass is 309 g/mol. The second-order valence-corrected chi connectivity index (χ2v) is 7.32. The van der Waals surface area contributed by atoms with Crippen LogP contribution < -0.4 is 10.2 Å². The number of nitrogens with one attached hydrogen (secondary N) is 1. The normalized spacial score (nSPS) is 21.3. The van der Waals surface area contributed by atoms with Gasteiger partial charge in [0, 0.05) is 38.7 Å². The first-order valence-electron chi connectivity index (χ1n) is 8.20. The van der Waals surface area contributed by atoms with Crippen molar-refractivity contribution in [3.8, 4) is 0 Å². The molecule has 5 heteroatoms. The third-order valence-electron chi connectivity index (χ3n) is 5.09. The second kappa shape index (κ2) is 7.07. The number of piperidine rings is 1. The van der Waals surface area contributed by atoms with E-state index in [1.807, 2.05) is 0 Å². The molecule has 0 unspecified atom stereocenters. The lowest BCUT2D eigenvalue weighted by Gasteiger charge is -2.39. The van der Waals surface area contributed by atoms with E-state index in [-0.39, 0.29) is 0 Å². The van der Waals surface area contributed by atoms with Crippen LogP contribution in [-0.4, -0.2) is 38.3 Å². The van der Waals surface area contributed by atoms with Crippen molar-refractivity contribution >= 4 is 16.5 Å². The molecule has 2 heterocycles. The number of methoxy groups -OCH3 is 1. The van der Waals surface area contributed by atoms with E-state index >= 15 is 0 Å². The van der Waals surface area contributed by atoms with Crippen LogP contribution in [0.5, 0.6) is 0 Å². The predicted octanol–water partition coefficient (Wildman–Crippen LogP) is 3.04. The summed E-state index contributed by atoms with van der Waals surface area (Å²) in [4.78, 5) is 7.28. The van der Waals surface area contributed by atoms with Gasteiger partial charge in [-0.25, -0.2) is 4.98 Å². The van der Waals surface area contributed by atoms with Gasteiger partial charge in [0.25, 0.3) is 0 Å². The van der Waals surface area contributed by atoms with Crippen LogP contribution in [0.2, 0.25) is 0 Å².